The highest BCUT2D eigenvalue weighted by molar-refractivity contribution is 5.68. The van der Waals surface area contributed by atoms with E-state index in [1.54, 1.807) is 18.2 Å². The lowest BCUT2D eigenvalue weighted by molar-refractivity contribution is -0.137. The molecule has 1 rings (SSSR count). The van der Waals surface area contributed by atoms with Gasteiger partial charge in [-0.15, -0.1) is 0 Å². The molecule has 0 bridgehead atoms. The molecule has 1 aromatic carbocycles. The van der Waals surface area contributed by atoms with E-state index < -0.39 is 12.0 Å². The second kappa shape index (κ2) is 4.58. The van der Waals surface area contributed by atoms with Gasteiger partial charge in [-0.3, -0.25) is 4.79 Å². The van der Waals surface area contributed by atoms with E-state index in [4.69, 9.17) is 16.1 Å². The summed E-state index contributed by atoms with van der Waals surface area (Å²) in [5, 5.41) is 17.5. The summed E-state index contributed by atoms with van der Waals surface area (Å²) in [7, 11) is 0. The highest BCUT2D eigenvalue weighted by Crippen LogP contribution is 2.19. The Morgan fingerprint density at radius 1 is 1.67 bits per heavy atom. The fraction of sp³-hybridized carbons (Fsp3) is 0.273. The second-order valence-corrected chi connectivity index (χ2v) is 3.41. The normalized spacial score (nSPS) is 11.8. The lowest BCUT2D eigenvalue weighted by atomic mass is 9.97. The van der Waals surface area contributed by atoms with Crippen molar-refractivity contribution in [3.05, 3.63) is 34.9 Å². The zero-order valence-electron chi connectivity index (χ0n) is 8.40. The zero-order chi connectivity index (χ0) is 11.4. The van der Waals surface area contributed by atoms with E-state index in [0.717, 1.165) is 5.56 Å². The van der Waals surface area contributed by atoms with Crippen LogP contribution in [0.4, 0.5) is 0 Å². The first-order chi connectivity index (χ1) is 7.04. The van der Waals surface area contributed by atoms with Crippen LogP contribution in [-0.4, -0.2) is 11.1 Å². The topological polar surface area (TPSA) is 87.1 Å². The summed E-state index contributed by atoms with van der Waals surface area (Å²) < 4.78 is 0. The van der Waals surface area contributed by atoms with E-state index in [9.17, 15) is 4.79 Å². The SMILES string of the molecule is Cc1ccc(C#N)c(C(N)CC(=O)O)c1. The number of nitriles is 1. The minimum atomic E-state index is -0.965. The summed E-state index contributed by atoms with van der Waals surface area (Å²) >= 11 is 0. The number of aryl methyl sites for hydroxylation is 1. The Bertz CT molecular complexity index is 421. The Labute approximate surface area is 87.9 Å². The van der Waals surface area contributed by atoms with Gasteiger partial charge in [0, 0.05) is 6.04 Å². The van der Waals surface area contributed by atoms with Crippen molar-refractivity contribution in [3.63, 3.8) is 0 Å². The molecule has 0 aliphatic carbocycles. The van der Waals surface area contributed by atoms with Crippen molar-refractivity contribution in [2.45, 2.75) is 19.4 Å². The number of nitrogens with two attached hydrogens (primary N) is 1. The van der Waals surface area contributed by atoms with Gasteiger partial charge >= 0.3 is 5.97 Å². The lowest BCUT2D eigenvalue weighted by Crippen LogP contribution is -2.16. The Balaban J connectivity index is 3.06. The molecule has 0 aromatic heterocycles. The van der Waals surface area contributed by atoms with Gasteiger partial charge < -0.3 is 10.8 Å². The van der Waals surface area contributed by atoms with Crippen molar-refractivity contribution in [3.8, 4) is 6.07 Å². The molecular formula is C11H12N2O2. The van der Waals surface area contributed by atoms with Crippen LogP contribution in [0.25, 0.3) is 0 Å². The number of benzene rings is 1. The number of hydrogen-bond acceptors (Lipinski definition) is 3. The summed E-state index contributed by atoms with van der Waals surface area (Å²) in [6.07, 6.45) is -0.169. The van der Waals surface area contributed by atoms with Crippen LogP contribution in [-0.2, 0) is 4.79 Å². The maximum absolute atomic E-state index is 10.5. The van der Waals surface area contributed by atoms with Gasteiger partial charge in [0.25, 0.3) is 0 Å². The zero-order valence-corrected chi connectivity index (χ0v) is 8.40. The fourth-order valence-corrected chi connectivity index (χ4v) is 1.39. The molecule has 3 N–H and O–H groups in total. The Hall–Kier alpha value is -1.86. The summed E-state index contributed by atoms with van der Waals surface area (Å²) in [6.45, 7) is 1.87. The molecule has 4 nitrogen and oxygen atoms in total. The number of carboxylic acid groups (broad SMARTS) is 1. The monoisotopic (exact) mass is 204 g/mol. The first-order valence-electron chi connectivity index (χ1n) is 4.52. The number of hydrogen-bond donors (Lipinski definition) is 2. The van der Waals surface area contributed by atoms with Crippen LogP contribution in [0, 0.1) is 18.3 Å². The molecule has 0 aliphatic heterocycles. The van der Waals surface area contributed by atoms with Crippen molar-refractivity contribution < 1.29 is 9.90 Å². The van der Waals surface area contributed by atoms with Crippen LogP contribution in [0.3, 0.4) is 0 Å². The Morgan fingerprint density at radius 2 is 2.33 bits per heavy atom. The van der Waals surface area contributed by atoms with Gasteiger partial charge in [0.1, 0.15) is 0 Å². The lowest BCUT2D eigenvalue weighted by Gasteiger charge is -2.11. The van der Waals surface area contributed by atoms with E-state index in [2.05, 4.69) is 0 Å². The molecule has 0 radical (unpaired) electrons. The third kappa shape index (κ3) is 2.79. The predicted octanol–water partition coefficient (Wildman–Crippen LogP) is 1.34. The smallest absolute Gasteiger partial charge is 0.305 e. The average molecular weight is 204 g/mol. The van der Waals surface area contributed by atoms with Crippen LogP contribution in [0.1, 0.15) is 29.2 Å². The summed E-state index contributed by atoms with van der Waals surface area (Å²) in [5.74, 6) is -0.965. The Kier molecular flexibility index (Phi) is 3.42. The van der Waals surface area contributed by atoms with Crippen molar-refractivity contribution >= 4 is 5.97 Å². The van der Waals surface area contributed by atoms with Gasteiger partial charge in [-0.2, -0.15) is 5.26 Å². The van der Waals surface area contributed by atoms with Gasteiger partial charge in [0.05, 0.1) is 18.1 Å². The summed E-state index contributed by atoms with van der Waals surface area (Å²) in [6, 6.07) is 6.59. The molecule has 78 valence electrons. The summed E-state index contributed by atoms with van der Waals surface area (Å²) in [5.41, 5.74) is 7.71. The Morgan fingerprint density at radius 3 is 2.87 bits per heavy atom. The van der Waals surface area contributed by atoms with Gasteiger partial charge in [-0.05, 0) is 18.6 Å². The maximum Gasteiger partial charge on any atom is 0.305 e. The van der Waals surface area contributed by atoms with E-state index in [1.165, 1.54) is 0 Å². The molecule has 0 fully saturated rings. The van der Waals surface area contributed by atoms with Crippen molar-refractivity contribution in [1.29, 1.82) is 5.26 Å². The molecular weight excluding hydrogens is 192 g/mol. The minimum Gasteiger partial charge on any atom is -0.481 e. The third-order valence-electron chi connectivity index (χ3n) is 2.12. The average Bonchev–Trinajstić information content (AvgIpc) is 2.16. The molecule has 0 saturated heterocycles. The van der Waals surface area contributed by atoms with Gasteiger partial charge in [0.15, 0.2) is 0 Å². The van der Waals surface area contributed by atoms with Crippen molar-refractivity contribution in [2.75, 3.05) is 0 Å². The number of rotatable bonds is 3. The largest absolute Gasteiger partial charge is 0.481 e. The van der Waals surface area contributed by atoms with E-state index in [0.29, 0.717) is 11.1 Å². The van der Waals surface area contributed by atoms with Crippen LogP contribution in [0.15, 0.2) is 18.2 Å². The highest BCUT2D eigenvalue weighted by atomic mass is 16.4. The predicted molar refractivity (Wildman–Crippen MR) is 55.1 cm³/mol. The molecule has 1 unspecified atom stereocenters. The molecule has 4 heteroatoms. The minimum absolute atomic E-state index is 0.169. The van der Waals surface area contributed by atoms with Crippen molar-refractivity contribution in [2.24, 2.45) is 5.73 Å². The number of carboxylic acids is 1. The standard InChI is InChI=1S/C11H12N2O2/c1-7-2-3-8(6-12)9(4-7)10(13)5-11(14)15/h2-4,10H,5,13H2,1H3,(H,14,15). The molecule has 0 heterocycles. The molecule has 0 saturated carbocycles. The molecule has 1 aromatic rings. The first kappa shape index (κ1) is 11.2. The quantitative estimate of drug-likeness (QED) is 0.777. The number of aliphatic carboxylic acids is 1. The van der Waals surface area contributed by atoms with Gasteiger partial charge in [-0.25, -0.2) is 0 Å². The van der Waals surface area contributed by atoms with Crippen LogP contribution in [0.2, 0.25) is 0 Å². The highest BCUT2D eigenvalue weighted by Gasteiger charge is 2.14. The first-order valence-corrected chi connectivity index (χ1v) is 4.52. The van der Waals surface area contributed by atoms with Crippen LogP contribution in [0.5, 0.6) is 0 Å². The molecule has 0 amide bonds. The maximum atomic E-state index is 10.5. The van der Waals surface area contributed by atoms with E-state index in [1.807, 2.05) is 13.0 Å². The number of nitrogens with zero attached hydrogens (tertiary/aromatic N) is 1. The van der Waals surface area contributed by atoms with Crippen LogP contribution >= 0.6 is 0 Å². The number of carbonyl (C=O) groups is 1. The van der Waals surface area contributed by atoms with E-state index >= 15 is 0 Å². The van der Waals surface area contributed by atoms with E-state index in [-0.39, 0.29) is 6.42 Å². The third-order valence-corrected chi connectivity index (χ3v) is 2.12. The van der Waals surface area contributed by atoms with Gasteiger partial charge in [0.2, 0.25) is 0 Å². The second-order valence-electron chi connectivity index (χ2n) is 3.41. The molecule has 0 aliphatic rings. The molecule has 0 spiro atoms. The van der Waals surface area contributed by atoms with Gasteiger partial charge in [-0.1, -0.05) is 17.7 Å². The summed E-state index contributed by atoms with van der Waals surface area (Å²) in [4.78, 5) is 10.5. The van der Waals surface area contributed by atoms with Crippen LogP contribution < -0.4 is 5.73 Å². The fourth-order valence-electron chi connectivity index (χ4n) is 1.39. The molecule has 15 heavy (non-hydrogen) atoms. The van der Waals surface area contributed by atoms with Crippen molar-refractivity contribution in [1.82, 2.24) is 0 Å². The molecule has 1 atom stereocenters.